The summed E-state index contributed by atoms with van der Waals surface area (Å²) in [5, 5.41) is 3.01. The number of amides is 1. The van der Waals surface area contributed by atoms with E-state index in [1.165, 1.54) is 0 Å². The highest BCUT2D eigenvalue weighted by atomic mass is 16.7. The summed E-state index contributed by atoms with van der Waals surface area (Å²) < 4.78 is 16.7. The second-order valence-corrected chi connectivity index (χ2v) is 6.19. The lowest BCUT2D eigenvalue weighted by Crippen LogP contribution is -2.49. The molecular formula is C15H27N3O4. The van der Waals surface area contributed by atoms with E-state index < -0.39 is 0 Å². The predicted octanol–water partition coefficient (Wildman–Crippen LogP) is -0.726. The lowest BCUT2D eigenvalue weighted by molar-refractivity contribution is -0.185. The zero-order valence-corrected chi connectivity index (χ0v) is 13.2. The minimum absolute atomic E-state index is 0.109. The van der Waals surface area contributed by atoms with Crippen LogP contribution in [0.4, 0.5) is 0 Å². The van der Waals surface area contributed by atoms with Crippen LogP contribution in [-0.2, 0) is 19.0 Å². The number of carbonyl (C=O) groups excluding carboxylic acids is 1. The molecule has 1 amide bonds. The van der Waals surface area contributed by atoms with Crippen molar-refractivity contribution in [2.24, 2.45) is 0 Å². The van der Waals surface area contributed by atoms with Crippen LogP contribution in [0, 0.1) is 0 Å². The first-order valence-corrected chi connectivity index (χ1v) is 8.33. The SMILES string of the molecule is O=C(CN1CCC2(CC1)OCCO2)NCCN1CCOCC1. The Kier molecular flexibility index (Phi) is 5.65. The van der Waals surface area contributed by atoms with E-state index in [1.807, 2.05) is 0 Å². The average Bonchev–Trinajstić information content (AvgIpc) is 2.99. The number of morpholine rings is 1. The molecule has 3 aliphatic rings. The van der Waals surface area contributed by atoms with Gasteiger partial charge in [-0.25, -0.2) is 0 Å². The van der Waals surface area contributed by atoms with E-state index in [9.17, 15) is 4.79 Å². The number of likely N-dealkylation sites (tertiary alicyclic amines) is 1. The maximum Gasteiger partial charge on any atom is 0.234 e. The van der Waals surface area contributed by atoms with Gasteiger partial charge in [-0.2, -0.15) is 0 Å². The van der Waals surface area contributed by atoms with Crippen LogP contribution in [0.25, 0.3) is 0 Å². The smallest absolute Gasteiger partial charge is 0.234 e. The first-order chi connectivity index (χ1) is 10.8. The van der Waals surface area contributed by atoms with Gasteiger partial charge in [-0.3, -0.25) is 14.6 Å². The molecule has 3 saturated heterocycles. The highest BCUT2D eigenvalue weighted by molar-refractivity contribution is 5.78. The molecule has 3 heterocycles. The molecule has 7 heteroatoms. The van der Waals surface area contributed by atoms with Gasteiger partial charge >= 0.3 is 0 Å². The monoisotopic (exact) mass is 313 g/mol. The third-order valence-corrected chi connectivity index (χ3v) is 4.65. The number of nitrogens with one attached hydrogen (secondary N) is 1. The third-order valence-electron chi connectivity index (χ3n) is 4.65. The fourth-order valence-corrected chi connectivity index (χ4v) is 3.27. The van der Waals surface area contributed by atoms with Crippen molar-refractivity contribution in [3.63, 3.8) is 0 Å². The molecule has 126 valence electrons. The van der Waals surface area contributed by atoms with Gasteiger partial charge in [0.25, 0.3) is 0 Å². The Morgan fingerprint density at radius 2 is 1.64 bits per heavy atom. The molecule has 0 aromatic rings. The lowest BCUT2D eigenvalue weighted by Gasteiger charge is -2.37. The molecule has 7 nitrogen and oxygen atoms in total. The van der Waals surface area contributed by atoms with Crippen LogP contribution in [-0.4, -0.2) is 93.7 Å². The number of rotatable bonds is 5. The topological polar surface area (TPSA) is 63.3 Å². The van der Waals surface area contributed by atoms with E-state index in [-0.39, 0.29) is 11.7 Å². The van der Waals surface area contributed by atoms with Gasteiger partial charge in [0.15, 0.2) is 5.79 Å². The maximum absolute atomic E-state index is 12.0. The van der Waals surface area contributed by atoms with Crippen LogP contribution < -0.4 is 5.32 Å². The molecule has 0 atom stereocenters. The van der Waals surface area contributed by atoms with Gasteiger partial charge < -0.3 is 19.5 Å². The van der Waals surface area contributed by atoms with E-state index in [0.717, 1.165) is 58.8 Å². The summed E-state index contributed by atoms with van der Waals surface area (Å²) in [4.78, 5) is 16.5. The Balaban J connectivity index is 1.29. The van der Waals surface area contributed by atoms with Crippen molar-refractivity contribution in [2.75, 3.05) is 72.2 Å². The number of piperidine rings is 1. The van der Waals surface area contributed by atoms with Gasteiger partial charge in [-0.15, -0.1) is 0 Å². The van der Waals surface area contributed by atoms with E-state index in [1.54, 1.807) is 0 Å². The molecule has 1 spiro atoms. The van der Waals surface area contributed by atoms with Crippen LogP contribution in [0.2, 0.25) is 0 Å². The van der Waals surface area contributed by atoms with Crippen LogP contribution >= 0.6 is 0 Å². The Bertz CT molecular complexity index is 358. The zero-order chi connectivity index (χ0) is 15.3. The molecule has 3 fully saturated rings. The average molecular weight is 313 g/mol. The fraction of sp³-hybridized carbons (Fsp3) is 0.933. The largest absolute Gasteiger partial charge is 0.379 e. The summed E-state index contributed by atoms with van der Waals surface area (Å²) >= 11 is 0. The van der Waals surface area contributed by atoms with Crippen molar-refractivity contribution >= 4 is 5.91 Å². The van der Waals surface area contributed by atoms with Crippen molar-refractivity contribution in [3.05, 3.63) is 0 Å². The molecular weight excluding hydrogens is 286 g/mol. The Morgan fingerprint density at radius 3 is 2.32 bits per heavy atom. The molecule has 0 aromatic carbocycles. The molecule has 0 radical (unpaired) electrons. The van der Waals surface area contributed by atoms with E-state index >= 15 is 0 Å². The number of nitrogens with zero attached hydrogens (tertiary/aromatic N) is 2. The predicted molar refractivity (Wildman–Crippen MR) is 80.6 cm³/mol. The van der Waals surface area contributed by atoms with Gasteiger partial charge in [0, 0.05) is 52.1 Å². The van der Waals surface area contributed by atoms with Crippen molar-refractivity contribution in [1.29, 1.82) is 0 Å². The zero-order valence-electron chi connectivity index (χ0n) is 13.2. The minimum atomic E-state index is -0.358. The summed E-state index contributed by atoms with van der Waals surface area (Å²) in [7, 11) is 0. The second kappa shape index (κ2) is 7.70. The molecule has 3 aliphatic heterocycles. The molecule has 0 aliphatic carbocycles. The molecule has 0 bridgehead atoms. The number of ether oxygens (including phenoxy) is 3. The number of carbonyl (C=O) groups is 1. The molecule has 22 heavy (non-hydrogen) atoms. The van der Waals surface area contributed by atoms with E-state index in [2.05, 4.69) is 15.1 Å². The summed E-state index contributed by atoms with van der Waals surface area (Å²) in [6.45, 7) is 8.72. The second-order valence-electron chi connectivity index (χ2n) is 6.19. The van der Waals surface area contributed by atoms with E-state index in [0.29, 0.717) is 26.3 Å². The van der Waals surface area contributed by atoms with Gasteiger partial charge in [0.2, 0.25) is 5.91 Å². The van der Waals surface area contributed by atoms with Gasteiger partial charge in [-0.1, -0.05) is 0 Å². The van der Waals surface area contributed by atoms with Gasteiger partial charge in [0.05, 0.1) is 33.0 Å². The molecule has 0 saturated carbocycles. The van der Waals surface area contributed by atoms with Crippen molar-refractivity contribution < 1.29 is 19.0 Å². The number of hydrogen-bond acceptors (Lipinski definition) is 6. The maximum atomic E-state index is 12.0. The van der Waals surface area contributed by atoms with Crippen LogP contribution in [0.3, 0.4) is 0 Å². The van der Waals surface area contributed by atoms with Crippen molar-refractivity contribution in [3.8, 4) is 0 Å². The summed E-state index contributed by atoms with van der Waals surface area (Å²) in [5.74, 6) is -0.249. The Morgan fingerprint density at radius 1 is 0.955 bits per heavy atom. The number of hydrogen-bond donors (Lipinski definition) is 1. The standard InChI is InChI=1S/C15H27N3O4/c19-14(16-3-6-17-7-9-20-10-8-17)13-18-4-1-15(2-5-18)21-11-12-22-15/h1-13H2,(H,16,19). The minimum Gasteiger partial charge on any atom is -0.379 e. The van der Waals surface area contributed by atoms with Crippen LogP contribution in [0.15, 0.2) is 0 Å². The lowest BCUT2D eigenvalue weighted by atomic mass is 10.0. The van der Waals surface area contributed by atoms with E-state index in [4.69, 9.17) is 14.2 Å². The molecule has 0 aromatic heterocycles. The molecule has 3 rings (SSSR count). The fourth-order valence-electron chi connectivity index (χ4n) is 3.27. The summed E-state index contributed by atoms with van der Waals surface area (Å²) in [6, 6.07) is 0. The third kappa shape index (κ3) is 4.39. The van der Waals surface area contributed by atoms with Gasteiger partial charge in [0.1, 0.15) is 0 Å². The van der Waals surface area contributed by atoms with Crippen LogP contribution in [0.1, 0.15) is 12.8 Å². The normalized spacial score (nSPS) is 26.4. The van der Waals surface area contributed by atoms with Gasteiger partial charge in [-0.05, 0) is 0 Å². The highest BCUT2D eigenvalue weighted by Crippen LogP contribution is 2.30. The quantitative estimate of drug-likeness (QED) is 0.722. The Hall–Kier alpha value is -0.730. The van der Waals surface area contributed by atoms with Crippen molar-refractivity contribution in [2.45, 2.75) is 18.6 Å². The first-order valence-electron chi connectivity index (χ1n) is 8.33. The summed E-state index contributed by atoms with van der Waals surface area (Å²) in [6.07, 6.45) is 1.71. The Labute approximate surface area is 131 Å². The van der Waals surface area contributed by atoms with Crippen LogP contribution in [0.5, 0.6) is 0 Å². The summed E-state index contributed by atoms with van der Waals surface area (Å²) in [5.41, 5.74) is 0. The molecule has 1 N–H and O–H groups in total. The highest BCUT2D eigenvalue weighted by Gasteiger charge is 2.39. The molecule has 0 unspecified atom stereocenters. The first kappa shape index (κ1) is 16.1. The van der Waals surface area contributed by atoms with Crippen molar-refractivity contribution in [1.82, 2.24) is 15.1 Å².